The maximum Gasteiger partial charge on any atom is 0.253 e. The van der Waals surface area contributed by atoms with Crippen molar-refractivity contribution < 1.29 is 9.59 Å². The Balaban J connectivity index is 1.50. The minimum absolute atomic E-state index is 0.116. The van der Waals surface area contributed by atoms with Crippen molar-refractivity contribution in [2.24, 2.45) is 5.92 Å². The molecule has 1 aromatic rings. The van der Waals surface area contributed by atoms with Gasteiger partial charge in [0.1, 0.15) is 0 Å². The van der Waals surface area contributed by atoms with E-state index in [2.05, 4.69) is 18.7 Å². The Kier molecular flexibility index (Phi) is 6.75. The average Bonchev–Trinajstić information content (AvgIpc) is 3.25. The Morgan fingerprint density at radius 3 is 2.07 bits per heavy atom. The Bertz CT molecular complexity index is 625. The molecule has 0 saturated carbocycles. The number of hydrogen-bond donors (Lipinski definition) is 0. The van der Waals surface area contributed by atoms with Gasteiger partial charge in [-0.2, -0.15) is 0 Å². The van der Waals surface area contributed by atoms with Crippen LogP contribution in [0.3, 0.4) is 0 Å². The third-order valence-corrected chi connectivity index (χ3v) is 6.07. The van der Waals surface area contributed by atoms with E-state index in [-0.39, 0.29) is 5.91 Å². The normalized spacial score (nSPS) is 18.0. The van der Waals surface area contributed by atoms with Gasteiger partial charge in [0, 0.05) is 56.9 Å². The van der Waals surface area contributed by atoms with Gasteiger partial charge in [0.2, 0.25) is 5.91 Å². The van der Waals surface area contributed by atoms with Gasteiger partial charge >= 0.3 is 0 Å². The molecule has 5 nitrogen and oxygen atoms in total. The summed E-state index contributed by atoms with van der Waals surface area (Å²) in [5.74, 6) is 0.849. The van der Waals surface area contributed by atoms with Gasteiger partial charge in [0.25, 0.3) is 5.91 Å². The minimum atomic E-state index is 0.116. The van der Waals surface area contributed by atoms with Gasteiger partial charge in [-0.25, -0.2) is 0 Å². The van der Waals surface area contributed by atoms with Crippen LogP contribution in [0.25, 0.3) is 0 Å². The van der Waals surface area contributed by atoms with Gasteiger partial charge in [0.15, 0.2) is 0 Å². The smallest absolute Gasteiger partial charge is 0.253 e. The number of amides is 2. The summed E-state index contributed by atoms with van der Waals surface area (Å²) in [5, 5.41) is 0. The highest BCUT2D eigenvalue weighted by Crippen LogP contribution is 2.24. The molecule has 0 atom stereocenters. The number of benzene rings is 1. The Hall–Kier alpha value is -2.04. The second-order valence-corrected chi connectivity index (χ2v) is 7.75. The number of hydrogen-bond acceptors (Lipinski definition) is 3. The van der Waals surface area contributed by atoms with Crippen molar-refractivity contribution in [3.05, 3.63) is 29.8 Å². The van der Waals surface area contributed by atoms with E-state index in [1.807, 2.05) is 34.1 Å². The molecule has 2 heterocycles. The summed E-state index contributed by atoms with van der Waals surface area (Å²) in [5.41, 5.74) is 1.92. The maximum absolute atomic E-state index is 12.8. The predicted octanol–water partition coefficient (Wildman–Crippen LogP) is 3.40. The fourth-order valence-corrected chi connectivity index (χ4v) is 4.27. The molecule has 3 rings (SSSR count). The van der Waals surface area contributed by atoms with E-state index in [4.69, 9.17) is 0 Å². The van der Waals surface area contributed by atoms with Crippen molar-refractivity contribution in [3.8, 4) is 0 Å². The van der Waals surface area contributed by atoms with Crippen molar-refractivity contribution in [1.82, 2.24) is 9.80 Å². The number of rotatable bonds is 6. The highest BCUT2D eigenvalue weighted by molar-refractivity contribution is 5.94. The molecule has 2 amide bonds. The van der Waals surface area contributed by atoms with Gasteiger partial charge in [-0.1, -0.05) is 0 Å². The maximum atomic E-state index is 12.8. The summed E-state index contributed by atoms with van der Waals surface area (Å²) in [6.07, 6.45) is 4.81. The lowest BCUT2D eigenvalue weighted by Gasteiger charge is -2.32. The predicted molar refractivity (Wildman–Crippen MR) is 109 cm³/mol. The molecule has 0 aliphatic carbocycles. The first-order valence-electron chi connectivity index (χ1n) is 10.5. The zero-order valence-electron chi connectivity index (χ0n) is 16.8. The molecular formula is C22H33N3O2. The molecule has 0 bridgehead atoms. The summed E-state index contributed by atoms with van der Waals surface area (Å²) >= 11 is 0. The molecule has 27 heavy (non-hydrogen) atoms. The summed E-state index contributed by atoms with van der Waals surface area (Å²) < 4.78 is 0. The lowest BCUT2D eigenvalue weighted by molar-refractivity contribution is -0.131. The van der Waals surface area contributed by atoms with Gasteiger partial charge in [-0.05, 0) is 69.7 Å². The standard InChI is InChI=1S/C22H33N3O2/c1-3-23(4-2)20-9-7-19(8-10-20)22(27)25-15-11-18(12-16-25)17-21(26)24-13-5-6-14-24/h7-10,18H,3-6,11-17H2,1-2H3. The Labute approximate surface area is 163 Å². The fourth-order valence-electron chi connectivity index (χ4n) is 4.27. The van der Waals surface area contributed by atoms with E-state index in [1.54, 1.807) is 0 Å². The first kappa shape index (κ1) is 19.7. The van der Waals surface area contributed by atoms with Crippen LogP contribution in [0.1, 0.15) is 56.3 Å². The fraction of sp³-hybridized carbons (Fsp3) is 0.636. The van der Waals surface area contributed by atoms with Crippen molar-refractivity contribution in [1.29, 1.82) is 0 Å². The molecule has 2 fully saturated rings. The van der Waals surface area contributed by atoms with Gasteiger partial charge < -0.3 is 14.7 Å². The lowest BCUT2D eigenvalue weighted by Crippen LogP contribution is -2.40. The van der Waals surface area contributed by atoms with Crippen molar-refractivity contribution in [2.75, 3.05) is 44.2 Å². The molecule has 1 aromatic carbocycles. The SMILES string of the molecule is CCN(CC)c1ccc(C(=O)N2CCC(CC(=O)N3CCCC3)CC2)cc1. The number of anilines is 1. The summed E-state index contributed by atoms with van der Waals surface area (Å²) in [4.78, 5) is 31.4. The molecule has 5 heteroatoms. The Morgan fingerprint density at radius 1 is 0.926 bits per heavy atom. The Morgan fingerprint density at radius 2 is 1.52 bits per heavy atom. The first-order chi connectivity index (χ1) is 13.1. The molecule has 2 aliphatic rings. The van der Waals surface area contributed by atoms with Gasteiger partial charge in [0.05, 0.1) is 0 Å². The highest BCUT2D eigenvalue weighted by Gasteiger charge is 2.27. The molecule has 0 radical (unpaired) electrons. The van der Waals surface area contributed by atoms with Crippen LogP contribution >= 0.6 is 0 Å². The topological polar surface area (TPSA) is 43.9 Å². The van der Waals surface area contributed by atoms with Crippen molar-refractivity contribution in [2.45, 2.75) is 46.0 Å². The van der Waals surface area contributed by atoms with E-state index >= 15 is 0 Å². The van der Waals surface area contributed by atoms with E-state index in [0.29, 0.717) is 18.2 Å². The van der Waals surface area contributed by atoms with Crippen LogP contribution in [0.2, 0.25) is 0 Å². The summed E-state index contributed by atoms with van der Waals surface area (Å²) in [6, 6.07) is 7.97. The molecule has 2 aliphatic heterocycles. The minimum Gasteiger partial charge on any atom is -0.372 e. The first-order valence-corrected chi connectivity index (χ1v) is 10.5. The third kappa shape index (κ3) is 4.82. The number of piperidine rings is 1. The molecule has 148 valence electrons. The quantitative estimate of drug-likeness (QED) is 0.770. The zero-order valence-corrected chi connectivity index (χ0v) is 16.8. The molecule has 2 saturated heterocycles. The van der Waals surface area contributed by atoms with Crippen LogP contribution in [0, 0.1) is 5.92 Å². The van der Waals surface area contributed by atoms with Crippen LogP contribution in [0.15, 0.2) is 24.3 Å². The monoisotopic (exact) mass is 371 g/mol. The average molecular weight is 372 g/mol. The van der Waals surface area contributed by atoms with Crippen LogP contribution in [0.4, 0.5) is 5.69 Å². The summed E-state index contributed by atoms with van der Waals surface area (Å²) in [6.45, 7) is 9.59. The number of carbonyl (C=O) groups is 2. The third-order valence-electron chi connectivity index (χ3n) is 6.07. The number of likely N-dealkylation sites (tertiary alicyclic amines) is 2. The lowest BCUT2D eigenvalue weighted by atomic mass is 9.92. The molecule has 0 spiro atoms. The second kappa shape index (κ2) is 9.25. The largest absolute Gasteiger partial charge is 0.372 e. The molecule has 0 aromatic heterocycles. The van der Waals surface area contributed by atoms with Gasteiger partial charge in [-0.3, -0.25) is 9.59 Å². The van der Waals surface area contributed by atoms with Crippen molar-refractivity contribution in [3.63, 3.8) is 0 Å². The van der Waals surface area contributed by atoms with Gasteiger partial charge in [-0.15, -0.1) is 0 Å². The zero-order chi connectivity index (χ0) is 19.2. The van der Waals surface area contributed by atoms with E-state index in [1.165, 1.54) is 0 Å². The number of nitrogens with zero attached hydrogens (tertiary/aromatic N) is 3. The van der Waals surface area contributed by atoms with E-state index in [9.17, 15) is 9.59 Å². The highest BCUT2D eigenvalue weighted by atomic mass is 16.2. The van der Waals surface area contributed by atoms with E-state index < -0.39 is 0 Å². The summed E-state index contributed by atoms with van der Waals surface area (Å²) in [7, 11) is 0. The van der Waals surface area contributed by atoms with E-state index in [0.717, 1.165) is 76.2 Å². The van der Waals surface area contributed by atoms with Crippen LogP contribution in [-0.4, -0.2) is 60.9 Å². The second-order valence-electron chi connectivity index (χ2n) is 7.75. The van der Waals surface area contributed by atoms with Crippen molar-refractivity contribution >= 4 is 17.5 Å². The molecule has 0 N–H and O–H groups in total. The molecular weight excluding hydrogens is 338 g/mol. The van der Waals surface area contributed by atoms with Crippen LogP contribution < -0.4 is 4.90 Å². The molecule has 0 unspecified atom stereocenters. The van der Waals surface area contributed by atoms with Crippen LogP contribution in [0.5, 0.6) is 0 Å². The number of carbonyl (C=O) groups excluding carboxylic acids is 2. The van der Waals surface area contributed by atoms with Crippen LogP contribution in [-0.2, 0) is 4.79 Å².